The molecule has 3 rings (SSSR count). The molecule has 134 valence electrons. The Balaban J connectivity index is 2.28. The van der Waals surface area contributed by atoms with E-state index in [-0.39, 0.29) is 19.2 Å². The van der Waals surface area contributed by atoms with Crippen LogP contribution in [-0.2, 0) is 20.0 Å². The molecule has 5 nitrogen and oxygen atoms in total. The zero-order chi connectivity index (χ0) is 18.8. The fraction of sp³-hybridized carbons (Fsp3) is 0. The molecule has 3 aromatic rings. The predicted molar refractivity (Wildman–Crippen MR) is 96.1 cm³/mol. The fourth-order valence-corrected chi connectivity index (χ4v) is 6.09. The summed E-state index contributed by atoms with van der Waals surface area (Å²) >= 11 is 0. The van der Waals surface area contributed by atoms with Crippen molar-refractivity contribution in [3.8, 4) is 0 Å². The number of benzene rings is 3. The number of hydrogen-bond donors (Lipinski definition) is 0. The molecule has 0 aliphatic heterocycles. The molecule has 0 bridgehead atoms. The third-order valence-electron chi connectivity index (χ3n) is 3.54. The average Bonchev–Trinajstić information content (AvgIpc) is 2.63. The highest BCUT2D eigenvalue weighted by atomic mass is 32.3. The first kappa shape index (κ1) is 18.1. The first-order valence-electron chi connectivity index (χ1n) is 7.50. The van der Waals surface area contributed by atoms with Crippen LogP contribution in [0.5, 0.6) is 0 Å². The van der Waals surface area contributed by atoms with Crippen molar-refractivity contribution in [3.63, 3.8) is 0 Å². The number of hydrogen-bond acceptors (Lipinski definition) is 4. The summed E-state index contributed by atoms with van der Waals surface area (Å²) in [5.74, 6) is -0.751. The normalized spacial score (nSPS) is 11.9. The van der Waals surface area contributed by atoms with Crippen molar-refractivity contribution in [1.29, 1.82) is 0 Å². The lowest BCUT2D eigenvalue weighted by Gasteiger charge is -2.24. The highest BCUT2D eigenvalue weighted by Crippen LogP contribution is 2.30. The van der Waals surface area contributed by atoms with Crippen LogP contribution in [0.2, 0.25) is 0 Å². The Morgan fingerprint density at radius 3 is 1.50 bits per heavy atom. The van der Waals surface area contributed by atoms with Gasteiger partial charge in [0.25, 0.3) is 20.0 Å². The Morgan fingerprint density at radius 2 is 1.08 bits per heavy atom. The lowest BCUT2D eigenvalue weighted by Crippen LogP contribution is -2.37. The lowest BCUT2D eigenvalue weighted by molar-refractivity contribution is 0.584. The molecule has 3 aromatic carbocycles. The van der Waals surface area contributed by atoms with Gasteiger partial charge in [0.05, 0.1) is 15.5 Å². The second-order valence-corrected chi connectivity index (χ2v) is 9.12. The maximum Gasteiger partial charge on any atom is 0.277 e. The Labute approximate surface area is 151 Å². The number of halogens is 1. The number of sulfonamides is 2. The minimum atomic E-state index is -4.50. The van der Waals surface area contributed by atoms with Crippen molar-refractivity contribution < 1.29 is 21.2 Å². The Kier molecular flexibility index (Phi) is 4.80. The molecule has 0 amide bonds. The van der Waals surface area contributed by atoms with Crippen LogP contribution < -0.4 is 3.71 Å². The summed E-state index contributed by atoms with van der Waals surface area (Å²) in [5.41, 5.74) is -0.308. The summed E-state index contributed by atoms with van der Waals surface area (Å²) in [7, 11) is -9.00. The van der Waals surface area contributed by atoms with Gasteiger partial charge in [0.1, 0.15) is 5.82 Å². The quantitative estimate of drug-likeness (QED) is 0.668. The van der Waals surface area contributed by atoms with Gasteiger partial charge in [0, 0.05) is 0 Å². The second kappa shape index (κ2) is 6.89. The van der Waals surface area contributed by atoms with Crippen LogP contribution in [0.15, 0.2) is 94.7 Å². The molecule has 0 N–H and O–H groups in total. The van der Waals surface area contributed by atoms with Gasteiger partial charge in [0.2, 0.25) is 0 Å². The van der Waals surface area contributed by atoms with Gasteiger partial charge >= 0.3 is 0 Å². The zero-order valence-electron chi connectivity index (χ0n) is 13.4. The van der Waals surface area contributed by atoms with E-state index in [2.05, 4.69) is 0 Å². The smallest absolute Gasteiger partial charge is 0.207 e. The van der Waals surface area contributed by atoms with E-state index in [1.54, 1.807) is 12.1 Å². The summed E-state index contributed by atoms with van der Waals surface area (Å²) in [5, 5.41) is 0. The van der Waals surface area contributed by atoms with Gasteiger partial charge < -0.3 is 0 Å². The predicted octanol–water partition coefficient (Wildman–Crippen LogP) is 3.41. The standard InChI is InChI=1S/C18H14FNO4S2/c19-15-8-7-9-16(14-15)20(25(21,22)17-10-3-1-4-11-17)26(23,24)18-12-5-2-6-13-18/h1-14H. The molecule has 0 aliphatic rings. The molecule has 8 heteroatoms. The first-order chi connectivity index (χ1) is 12.3. The first-order valence-corrected chi connectivity index (χ1v) is 10.4. The summed E-state index contributed by atoms with van der Waals surface area (Å²) in [6, 6.07) is 18.7. The maximum atomic E-state index is 13.7. The SMILES string of the molecule is O=S(=O)(c1ccccc1)N(c1cccc(F)c1)S(=O)(=O)c1ccccc1. The average molecular weight is 391 g/mol. The molecule has 0 saturated carbocycles. The van der Waals surface area contributed by atoms with Gasteiger partial charge in [-0.3, -0.25) is 0 Å². The minimum Gasteiger partial charge on any atom is -0.207 e. The third-order valence-corrected chi connectivity index (χ3v) is 7.75. The molecule has 26 heavy (non-hydrogen) atoms. The molecular weight excluding hydrogens is 377 g/mol. The number of nitrogens with zero attached hydrogens (tertiary/aromatic N) is 1. The van der Waals surface area contributed by atoms with E-state index in [1.165, 1.54) is 60.7 Å². The Bertz CT molecular complexity index is 1050. The molecule has 0 aromatic heterocycles. The largest absolute Gasteiger partial charge is 0.277 e. The van der Waals surface area contributed by atoms with Gasteiger partial charge in [-0.1, -0.05) is 42.5 Å². The van der Waals surface area contributed by atoms with Crippen LogP contribution in [0.4, 0.5) is 10.1 Å². The molecule has 0 unspecified atom stereocenters. The zero-order valence-corrected chi connectivity index (χ0v) is 15.0. The lowest BCUT2D eigenvalue weighted by atomic mass is 10.3. The fourth-order valence-electron chi connectivity index (χ4n) is 2.37. The van der Waals surface area contributed by atoms with Crippen molar-refractivity contribution in [2.45, 2.75) is 9.79 Å². The van der Waals surface area contributed by atoms with Gasteiger partial charge in [-0.15, -0.1) is 0 Å². The summed E-state index contributed by atoms with van der Waals surface area (Å²) in [4.78, 5) is -0.437. The van der Waals surface area contributed by atoms with Crippen LogP contribution in [0, 0.1) is 5.82 Å². The molecule has 0 fully saturated rings. The van der Waals surface area contributed by atoms with E-state index in [0.29, 0.717) is 0 Å². The van der Waals surface area contributed by atoms with Gasteiger partial charge in [0.15, 0.2) is 0 Å². The highest BCUT2D eigenvalue weighted by Gasteiger charge is 2.36. The van der Waals surface area contributed by atoms with Gasteiger partial charge in [-0.05, 0) is 42.5 Å². The molecule has 0 heterocycles. The minimum absolute atomic E-state index is 0.219. The van der Waals surface area contributed by atoms with E-state index in [0.717, 1.165) is 12.1 Å². The van der Waals surface area contributed by atoms with E-state index in [1.807, 2.05) is 0 Å². The Morgan fingerprint density at radius 1 is 0.615 bits per heavy atom. The van der Waals surface area contributed by atoms with Crippen molar-refractivity contribution in [2.75, 3.05) is 3.71 Å². The van der Waals surface area contributed by atoms with Crippen molar-refractivity contribution in [3.05, 3.63) is 90.7 Å². The van der Waals surface area contributed by atoms with E-state index in [9.17, 15) is 21.2 Å². The van der Waals surface area contributed by atoms with Crippen LogP contribution in [0.25, 0.3) is 0 Å². The topological polar surface area (TPSA) is 71.5 Å². The maximum absolute atomic E-state index is 13.7. The van der Waals surface area contributed by atoms with Crippen LogP contribution in [0.3, 0.4) is 0 Å². The molecule has 0 atom stereocenters. The van der Waals surface area contributed by atoms with E-state index >= 15 is 0 Å². The van der Waals surface area contributed by atoms with Crippen molar-refractivity contribution in [1.82, 2.24) is 0 Å². The monoisotopic (exact) mass is 391 g/mol. The van der Waals surface area contributed by atoms with E-state index in [4.69, 9.17) is 0 Å². The van der Waals surface area contributed by atoms with Crippen molar-refractivity contribution >= 4 is 25.7 Å². The van der Waals surface area contributed by atoms with Crippen molar-refractivity contribution in [2.24, 2.45) is 0 Å². The highest BCUT2D eigenvalue weighted by molar-refractivity contribution is 8.10. The van der Waals surface area contributed by atoms with Crippen LogP contribution in [0.1, 0.15) is 0 Å². The molecule has 0 aliphatic carbocycles. The van der Waals surface area contributed by atoms with Crippen LogP contribution >= 0.6 is 0 Å². The molecular formula is C18H14FNO4S2. The van der Waals surface area contributed by atoms with Gasteiger partial charge in [-0.25, -0.2) is 21.2 Å². The summed E-state index contributed by atoms with van der Waals surface area (Å²) < 4.78 is 66.3. The van der Waals surface area contributed by atoms with Crippen LogP contribution in [-0.4, -0.2) is 16.8 Å². The molecule has 0 spiro atoms. The third kappa shape index (κ3) is 3.33. The molecule has 0 radical (unpaired) electrons. The second-order valence-electron chi connectivity index (χ2n) is 5.31. The number of rotatable bonds is 5. The number of anilines is 1. The Hall–Kier alpha value is -2.71. The molecule has 0 saturated heterocycles. The summed E-state index contributed by atoms with van der Waals surface area (Å²) in [6.45, 7) is 0. The summed E-state index contributed by atoms with van der Waals surface area (Å²) in [6.07, 6.45) is 0. The van der Waals surface area contributed by atoms with E-state index < -0.39 is 25.9 Å². The van der Waals surface area contributed by atoms with Gasteiger partial charge in [-0.2, -0.15) is 3.71 Å².